The maximum absolute atomic E-state index is 13.7. The van der Waals surface area contributed by atoms with Crippen molar-refractivity contribution >= 4 is 29.4 Å². The third-order valence-corrected chi connectivity index (χ3v) is 5.83. The summed E-state index contributed by atoms with van der Waals surface area (Å²) in [5.41, 5.74) is 2.37. The first-order valence-electron chi connectivity index (χ1n) is 8.33. The minimum atomic E-state index is -0.479. The highest BCUT2D eigenvalue weighted by molar-refractivity contribution is 8.03. The Balaban J connectivity index is 1.73. The molecule has 2 aliphatic heterocycles. The van der Waals surface area contributed by atoms with E-state index in [1.807, 2.05) is 42.7 Å². The quantitative estimate of drug-likeness (QED) is 0.819. The fourth-order valence-corrected chi connectivity index (χ4v) is 4.38. The average Bonchev–Trinajstić information content (AvgIpc) is 3.10. The first-order chi connectivity index (χ1) is 12.6. The van der Waals surface area contributed by atoms with Crippen molar-refractivity contribution in [2.75, 3.05) is 4.90 Å². The summed E-state index contributed by atoms with van der Waals surface area (Å²) in [5.74, 6) is -0.783. The van der Waals surface area contributed by atoms with Gasteiger partial charge in [-0.15, -0.1) is 11.8 Å². The van der Waals surface area contributed by atoms with Crippen LogP contribution < -0.4 is 4.90 Å². The third kappa shape index (κ3) is 2.80. The lowest BCUT2D eigenvalue weighted by atomic mass is 10.0. The van der Waals surface area contributed by atoms with E-state index < -0.39 is 17.1 Å². The van der Waals surface area contributed by atoms with Crippen LogP contribution in [0.4, 0.5) is 14.9 Å². The molecule has 2 unspecified atom stereocenters. The highest BCUT2D eigenvalue weighted by atomic mass is 32.2. The van der Waals surface area contributed by atoms with Gasteiger partial charge in [-0.2, -0.15) is 0 Å². The summed E-state index contributed by atoms with van der Waals surface area (Å²) >= 11 is 1.40. The molecular weight excluding hydrogens is 351 g/mol. The monoisotopic (exact) mass is 368 g/mol. The highest BCUT2D eigenvalue weighted by Gasteiger charge is 2.47. The van der Waals surface area contributed by atoms with E-state index in [1.54, 1.807) is 11.0 Å². The number of amides is 3. The molecule has 2 heterocycles. The van der Waals surface area contributed by atoms with Crippen molar-refractivity contribution < 1.29 is 14.0 Å². The van der Waals surface area contributed by atoms with Crippen LogP contribution in [0.5, 0.6) is 0 Å². The number of fused-ring (bicyclic) bond motifs is 1. The van der Waals surface area contributed by atoms with E-state index in [-0.39, 0.29) is 17.6 Å². The zero-order chi connectivity index (χ0) is 18.3. The average molecular weight is 368 g/mol. The lowest BCUT2D eigenvalue weighted by Crippen LogP contribution is -2.61. The number of urea groups is 1. The summed E-state index contributed by atoms with van der Waals surface area (Å²) < 4.78 is 13.7. The summed E-state index contributed by atoms with van der Waals surface area (Å²) in [5, 5.41) is 1.46. The number of carbonyl (C=O) groups is 2. The number of carbonyl (C=O) groups excluding carboxylic acids is 2. The molecule has 1 fully saturated rings. The van der Waals surface area contributed by atoms with Crippen molar-refractivity contribution in [3.63, 3.8) is 0 Å². The first kappa shape index (κ1) is 16.8. The van der Waals surface area contributed by atoms with Gasteiger partial charge in [-0.1, -0.05) is 36.4 Å². The van der Waals surface area contributed by atoms with Crippen LogP contribution in [0.25, 0.3) is 0 Å². The van der Waals surface area contributed by atoms with Crippen LogP contribution >= 0.6 is 11.8 Å². The molecule has 0 N–H and O–H groups in total. The Kier molecular flexibility index (Phi) is 4.28. The number of halogens is 1. The largest absolute Gasteiger partial charge is 0.332 e. The van der Waals surface area contributed by atoms with Crippen LogP contribution in [-0.2, 0) is 11.3 Å². The molecule has 0 saturated carbocycles. The number of imide groups is 1. The normalized spacial score (nSPS) is 22.1. The summed E-state index contributed by atoms with van der Waals surface area (Å²) in [6.07, 6.45) is 1.90. The minimum absolute atomic E-state index is 0.265. The Bertz CT molecular complexity index is 914. The summed E-state index contributed by atoms with van der Waals surface area (Å²) in [7, 11) is 0. The second-order valence-electron chi connectivity index (χ2n) is 6.37. The maximum Gasteiger partial charge on any atom is 0.332 e. The number of aryl methyl sites for hydroxylation is 1. The van der Waals surface area contributed by atoms with Crippen LogP contribution in [-0.4, -0.2) is 28.1 Å². The number of thioether (sulfide) groups is 1. The summed E-state index contributed by atoms with van der Waals surface area (Å²) in [4.78, 5) is 28.9. The predicted molar refractivity (Wildman–Crippen MR) is 100 cm³/mol. The molecule has 0 bridgehead atoms. The molecule has 2 aromatic rings. The lowest BCUT2D eigenvalue weighted by Gasteiger charge is -2.41. The van der Waals surface area contributed by atoms with Gasteiger partial charge in [0.2, 0.25) is 0 Å². The van der Waals surface area contributed by atoms with Crippen LogP contribution in [0.2, 0.25) is 0 Å². The van der Waals surface area contributed by atoms with Crippen LogP contribution in [0.3, 0.4) is 0 Å². The van der Waals surface area contributed by atoms with Crippen molar-refractivity contribution in [1.29, 1.82) is 0 Å². The second kappa shape index (κ2) is 6.61. The Morgan fingerprint density at radius 3 is 2.69 bits per heavy atom. The molecule has 0 spiro atoms. The van der Waals surface area contributed by atoms with E-state index in [9.17, 15) is 14.0 Å². The van der Waals surface area contributed by atoms with Gasteiger partial charge in [-0.3, -0.25) is 4.79 Å². The van der Waals surface area contributed by atoms with E-state index in [1.165, 1.54) is 30.0 Å². The Morgan fingerprint density at radius 1 is 1.12 bits per heavy atom. The topological polar surface area (TPSA) is 40.6 Å². The van der Waals surface area contributed by atoms with Crippen molar-refractivity contribution in [2.45, 2.75) is 24.8 Å². The molecule has 3 amide bonds. The van der Waals surface area contributed by atoms with E-state index in [0.717, 1.165) is 16.0 Å². The Labute approximate surface area is 155 Å². The molecule has 0 aromatic heterocycles. The van der Waals surface area contributed by atoms with E-state index in [0.29, 0.717) is 6.54 Å². The van der Waals surface area contributed by atoms with E-state index in [2.05, 4.69) is 0 Å². The minimum Gasteiger partial charge on any atom is -0.312 e. The molecule has 4 rings (SSSR count). The number of nitrogens with zero attached hydrogens (tertiary/aromatic N) is 2. The molecule has 0 aliphatic carbocycles. The van der Waals surface area contributed by atoms with Gasteiger partial charge in [0.1, 0.15) is 11.1 Å². The molecular formula is C20H17FN2O2S. The molecule has 0 radical (unpaired) electrons. The third-order valence-electron chi connectivity index (χ3n) is 4.74. The second-order valence-corrected chi connectivity index (χ2v) is 7.42. The predicted octanol–water partition coefficient (Wildman–Crippen LogP) is 4.10. The van der Waals surface area contributed by atoms with Crippen molar-refractivity contribution in [3.8, 4) is 0 Å². The van der Waals surface area contributed by atoms with Gasteiger partial charge < -0.3 is 4.90 Å². The number of anilines is 1. The molecule has 132 valence electrons. The number of rotatable bonds is 3. The zero-order valence-electron chi connectivity index (χ0n) is 14.1. The molecule has 2 aliphatic rings. The SMILES string of the molecule is Cc1ccccc1CN1C(=O)N(c2cccc(F)c2)C(=O)C2SC=CC21. The standard InChI is InChI=1S/C20H17FN2O2S/c1-13-5-2-3-6-14(13)12-22-17-9-10-26-18(17)19(24)23(20(22)25)16-8-4-7-15(21)11-16/h2-11,17-18H,12H2,1H3. The summed E-state index contributed by atoms with van der Waals surface area (Å²) in [6.45, 7) is 2.40. The van der Waals surface area contributed by atoms with Crippen molar-refractivity contribution in [2.24, 2.45) is 0 Å². The lowest BCUT2D eigenvalue weighted by molar-refractivity contribution is -0.119. The smallest absolute Gasteiger partial charge is 0.312 e. The van der Waals surface area contributed by atoms with Gasteiger partial charge in [0.05, 0.1) is 11.7 Å². The van der Waals surface area contributed by atoms with Crippen molar-refractivity contribution in [3.05, 3.63) is 77.0 Å². The van der Waals surface area contributed by atoms with Gasteiger partial charge in [0.15, 0.2) is 0 Å². The molecule has 2 atom stereocenters. The molecule has 1 saturated heterocycles. The number of hydrogen-bond acceptors (Lipinski definition) is 3. The van der Waals surface area contributed by atoms with E-state index in [4.69, 9.17) is 0 Å². The number of benzene rings is 2. The Hall–Kier alpha value is -2.60. The molecule has 26 heavy (non-hydrogen) atoms. The van der Waals surface area contributed by atoms with Gasteiger partial charge in [0.25, 0.3) is 5.91 Å². The van der Waals surface area contributed by atoms with Crippen LogP contribution in [0.1, 0.15) is 11.1 Å². The Morgan fingerprint density at radius 2 is 1.92 bits per heavy atom. The maximum atomic E-state index is 13.7. The highest BCUT2D eigenvalue weighted by Crippen LogP contribution is 2.37. The molecule has 2 aromatic carbocycles. The summed E-state index contributed by atoms with van der Waals surface area (Å²) in [6, 6.07) is 12.7. The molecule has 6 heteroatoms. The van der Waals surface area contributed by atoms with Gasteiger partial charge >= 0.3 is 6.03 Å². The zero-order valence-corrected chi connectivity index (χ0v) is 14.9. The first-order valence-corrected chi connectivity index (χ1v) is 9.27. The van der Waals surface area contributed by atoms with E-state index >= 15 is 0 Å². The van der Waals surface area contributed by atoms with Crippen molar-refractivity contribution in [1.82, 2.24) is 4.90 Å². The van der Waals surface area contributed by atoms with Crippen LogP contribution in [0.15, 0.2) is 60.0 Å². The van der Waals surface area contributed by atoms with Gasteiger partial charge in [-0.05, 0) is 41.7 Å². The fraction of sp³-hybridized carbons (Fsp3) is 0.200. The molecule has 4 nitrogen and oxygen atoms in total. The van der Waals surface area contributed by atoms with Gasteiger partial charge in [0, 0.05) is 6.54 Å². The van der Waals surface area contributed by atoms with Gasteiger partial charge in [-0.25, -0.2) is 14.1 Å². The van der Waals surface area contributed by atoms with Crippen LogP contribution in [0, 0.1) is 12.7 Å². The fourth-order valence-electron chi connectivity index (χ4n) is 3.34. The number of hydrogen-bond donors (Lipinski definition) is 0.